The van der Waals surface area contributed by atoms with Gasteiger partial charge in [0.2, 0.25) is 0 Å². The van der Waals surface area contributed by atoms with E-state index in [-0.39, 0.29) is 12.2 Å². The number of ether oxygens (including phenoxy) is 1. The van der Waals surface area contributed by atoms with Gasteiger partial charge in [0.25, 0.3) is 0 Å². The molecule has 1 aromatic rings. The van der Waals surface area contributed by atoms with E-state index >= 15 is 0 Å². The van der Waals surface area contributed by atoms with Gasteiger partial charge in [0.05, 0.1) is 18.8 Å². The van der Waals surface area contributed by atoms with Crippen molar-refractivity contribution < 1.29 is 9.84 Å². The summed E-state index contributed by atoms with van der Waals surface area (Å²) in [6.07, 6.45) is 4.42. The van der Waals surface area contributed by atoms with E-state index in [2.05, 4.69) is 39.0 Å². The maximum absolute atomic E-state index is 10.2. The Bertz CT molecular complexity index is 454. The molecule has 1 aliphatic carbocycles. The van der Waals surface area contributed by atoms with Crippen LogP contribution < -0.4 is 0 Å². The largest absolute Gasteiger partial charge is 0.391 e. The standard InChI is InChI=1S/C16H22BrNO2/c17-13-5-3-4-12(10-13)16-11-18(8-9-20-16)14-6-1-2-7-15(14)19/h3-5,10,14-16,19H,1-2,6-9,11H2. The molecular formula is C16H22BrNO2. The highest BCUT2D eigenvalue weighted by molar-refractivity contribution is 9.10. The summed E-state index contributed by atoms with van der Waals surface area (Å²) in [5.74, 6) is 0. The fraction of sp³-hybridized carbons (Fsp3) is 0.625. The van der Waals surface area contributed by atoms with Crippen molar-refractivity contribution in [1.82, 2.24) is 4.90 Å². The number of morpholine rings is 1. The van der Waals surface area contributed by atoms with E-state index in [4.69, 9.17) is 4.74 Å². The molecule has 0 amide bonds. The first kappa shape index (κ1) is 14.5. The Balaban J connectivity index is 1.70. The number of aliphatic hydroxyl groups is 1. The number of hydrogen-bond donors (Lipinski definition) is 1. The minimum Gasteiger partial charge on any atom is -0.391 e. The predicted octanol–water partition coefficient (Wildman–Crippen LogP) is 3.13. The van der Waals surface area contributed by atoms with Gasteiger partial charge in [0.15, 0.2) is 0 Å². The van der Waals surface area contributed by atoms with E-state index in [0.717, 1.165) is 43.4 Å². The summed E-state index contributed by atoms with van der Waals surface area (Å²) in [4.78, 5) is 2.43. The molecule has 1 saturated heterocycles. The van der Waals surface area contributed by atoms with Gasteiger partial charge in [-0.25, -0.2) is 0 Å². The highest BCUT2D eigenvalue weighted by Crippen LogP contribution is 2.29. The SMILES string of the molecule is OC1CCCCC1N1CCOC(c2cccc(Br)c2)C1. The van der Waals surface area contributed by atoms with E-state index in [1.807, 2.05) is 6.07 Å². The molecule has 0 spiro atoms. The van der Waals surface area contributed by atoms with E-state index in [1.54, 1.807) is 0 Å². The van der Waals surface area contributed by atoms with Crippen LogP contribution in [0.2, 0.25) is 0 Å². The maximum Gasteiger partial charge on any atom is 0.0952 e. The Labute approximate surface area is 129 Å². The summed E-state index contributed by atoms with van der Waals surface area (Å²) in [6.45, 7) is 2.57. The van der Waals surface area contributed by atoms with Gasteiger partial charge in [-0.05, 0) is 30.5 Å². The lowest BCUT2D eigenvalue weighted by Crippen LogP contribution is -2.50. The lowest BCUT2D eigenvalue weighted by molar-refractivity contribution is -0.0748. The highest BCUT2D eigenvalue weighted by Gasteiger charge is 2.32. The number of aliphatic hydroxyl groups excluding tert-OH is 1. The molecule has 1 heterocycles. The molecule has 0 aromatic heterocycles. The normalized spacial score (nSPS) is 32.2. The van der Waals surface area contributed by atoms with Gasteiger partial charge >= 0.3 is 0 Å². The fourth-order valence-corrected chi connectivity index (χ4v) is 3.81. The summed E-state index contributed by atoms with van der Waals surface area (Å²) in [6, 6.07) is 8.66. The van der Waals surface area contributed by atoms with Crippen LogP contribution >= 0.6 is 15.9 Å². The highest BCUT2D eigenvalue weighted by atomic mass is 79.9. The topological polar surface area (TPSA) is 32.7 Å². The number of halogens is 1. The van der Waals surface area contributed by atoms with Crippen LogP contribution in [0.1, 0.15) is 37.4 Å². The van der Waals surface area contributed by atoms with Gasteiger partial charge in [-0.3, -0.25) is 4.90 Å². The zero-order valence-electron chi connectivity index (χ0n) is 11.7. The van der Waals surface area contributed by atoms with Gasteiger partial charge in [-0.2, -0.15) is 0 Å². The first-order chi connectivity index (χ1) is 9.74. The van der Waals surface area contributed by atoms with Crippen LogP contribution in [0.15, 0.2) is 28.7 Å². The second-order valence-electron chi connectivity index (χ2n) is 5.83. The summed E-state index contributed by atoms with van der Waals surface area (Å²) in [7, 11) is 0. The van der Waals surface area contributed by atoms with E-state index in [9.17, 15) is 5.11 Å². The fourth-order valence-electron chi connectivity index (χ4n) is 3.40. The Hall–Kier alpha value is -0.420. The van der Waals surface area contributed by atoms with Crippen LogP contribution in [0.5, 0.6) is 0 Å². The molecule has 3 atom stereocenters. The van der Waals surface area contributed by atoms with Crippen molar-refractivity contribution in [2.75, 3.05) is 19.7 Å². The molecule has 1 saturated carbocycles. The second-order valence-corrected chi connectivity index (χ2v) is 6.74. The number of rotatable bonds is 2. The molecule has 1 aliphatic heterocycles. The lowest BCUT2D eigenvalue weighted by Gasteiger charge is -2.42. The van der Waals surface area contributed by atoms with Gasteiger partial charge in [-0.15, -0.1) is 0 Å². The Kier molecular flexibility index (Phi) is 4.76. The van der Waals surface area contributed by atoms with Crippen molar-refractivity contribution in [1.29, 1.82) is 0 Å². The summed E-state index contributed by atoms with van der Waals surface area (Å²) in [5.41, 5.74) is 1.22. The lowest BCUT2D eigenvalue weighted by atomic mass is 9.90. The second kappa shape index (κ2) is 6.56. The van der Waals surface area contributed by atoms with Crippen LogP contribution in [0.4, 0.5) is 0 Å². The minimum atomic E-state index is -0.162. The average Bonchev–Trinajstić information content (AvgIpc) is 2.48. The zero-order chi connectivity index (χ0) is 13.9. The molecule has 3 unspecified atom stereocenters. The molecule has 110 valence electrons. The molecular weight excluding hydrogens is 318 g/mol. The van der Waals surface area contributed by atoms with E-state index in [0.29, 0.717) is 6.04 Å². The van der Waals surface area contributed by atoms with Crippen LogP contribution in [0.25, 0.3) is 0 Å². The number of nitrogens with zero attached hydrogens (tertiary/aromatic N) is 1. The van der Waals surface area contributed by atoms with Gasteiger partial charge in [0.1, 0.15) is 0 Å². The third-order valence-electron chi connectivity index (χ3n) is 4.48. The molecule has 0 radical (unpaired) electrons. The quantitative estimate of drug-likeness (QED) is 0.898. The maximum atomic E-state index is 10.2. The van der Waals surface area contributed by atoms with Crippen molar-refractivity contribution in [2.45, 2.75) is 43.9 Å². The van der Waals surface area contributed by atoms with Crippen LogP contribution in [0, 0.1) is 0 Å². The molecule has 1 aromatic carbocycles. The third-order valence-corrected chi connectivity index (χ3v) is 4.97. The van der Waals surface area contributed by atoms with Crippen molar-refractivity contribution in [3.8, 4) is 0 Å². The molecule has 3 nitrogen and oxygen atoms in total. The van der Waals surface area contributed by atoms with Crippen molar-refractivity contribution in [3.63, 3.8) is 0 Å². The average molecular weight is 340 g/mol. The molecule has 2 fully saturated rings. The van der Waals surface area contributed by atoms with E-state index < -0.39 is 0 Å². The van der Waals surface area contributed by atoms with E-state index in [1.165, 1.54) is 12.0 Å². The number of benzene rings is 1. The van der Waals surface area contributed by atoms with Gasteiger partial charge < -0.3 is 9.84 Å². The monoisotopic (exact) mass is 339 g/mol. The summed E-state index contributed by atoms with van der Waals surface area (Å²) in [5, 5.41) is 10.2. The molecule has 3 rings (SSSR count). The van der Waals surface area contributed by atoms with Crippen LogP contribution in [0.3, 0.4) is 0 Å². The Morgan fingerprint density at radius 3 is 2.90 bits per heavy atom. The van der Waals surface area contributed by atoms with Crippen molar-refractivity contribution in [2.24, 2.45) is 0 Å². The van der Waals surface area contributed by atoms with Crippen LogP contribution in [-0.2, 0) is 4.74 Å². The molecule has 2 aliphatic rings. The third kappa shape index (κ3) is 3.25. The van der Waals surface area contributed by atoms with Crippen molar-refractivity contribution >= 4 is 15.9 Å². The van der Waals surface area contributed by atoms with Gasteiger partial charge in [0, 0.05) is 23.6 Å². The summed E-state index contributed by atoms with van der Waals surface area (Å²) >= 11 is 3.52. The molecule has 0 bridgehead atoms. The Morgan fingerprint density at radius 2 is 2.10 bits per heavy atom. The molecule has 4 heteroatoms. The molecule has 20 heavy (non-hydrogen) atoms. The Morgan fingerprint density at radius 1 is 1.25 bits per heavy atom. The van der Waals surface area contributed by atoms with Crippen molar-refractivity contribution in [3.05, 3.63) is 34.3 Å². The minimum absolute atomic E-state index is 0.121. The van der Waals surface area contributed by atoms with Gasteiger partial charge in [-0.1, -0.05) is 40.9 Å². The first-order valence-corrected chi connectivity index (χ1v) is 8.32. The zero-order valence-corrected chi connectivity index (χ0v) is 13.3. The molecule has 1 N–H and O–H groups in total. The first-order valence-electron chi connectivity index (χ1n) is 7.53. The summed E-state index contributed by atoms with van der Waals surface area (Å²) < 4.78 is 7.02. The predicted molar refractivity (Wildman–Crippen MR) is 82.7 cm³/mol. The number of hydrogen-bond acceptors (Lipinski definition) is 3. The van der Waals surface area contributed by atoms with Crippen LogP contribution in [-0.4, -0.2) is 41.8 Å². The smallest absolute Gasteiger partial charge is 0.0952 e.